The van der Waals surface area contributed by atoms with Crippen LogP contribution in [0.1, 0.15) is 22.1 Å². The maximum Gasteiger partial charge on any atom is 0.387 e. The molecule has 7 nitrogen and oxygen atoms in total. The molecule has 1 amide bonds. The van der Waals surface area contributed by atoms with Crippen LogP contribution in [0.15, 0.2) is 47.5 Å². The maximum atomic E-state index is 12.9. The monoisotopic (exact) mass is 395 g/mol. The minimum Gasteiger partial charge on any atom is -0.435 e. The topological polar surface area (TPSA) is 79.8 Å². The Morgan fingerprint density at radius 3 is 2.59 bits per heavy atom. The van der Waals surface area contributed by atoms with Gasteiger partial charge in [0.25, 0.3) is 5.91 Å². The molecule has 2 aromatic rings. The fraction of sp³-hybridized carbons (Fsp3) is 0.294. The zero-order valence-corrected chi connectivity index (χ0v) is 14.8. The van der Waals surface area contributed by atoms with E-state index in [9.17, 15) is 22.0 Å². The van der Waals surface area contributed by atoms with Crippen molar-refractivity contribution in [2.75, 3.05) is 19.6 Å². The summed E-state index contributed by atoms with van der Waals surface area (Å²) in [5.41, 5.74) is 1.07. The van der Waals surface area contributed by atoms with Gasteiger partial charge < -0.3 is 9.64 Å². The van der Waals surface area contributed by atoms with Gasteiger partial charge in [-0.3, -0.25) is 9.78 Å². The Bertz CT molecular complexity index is 982. The Labute approximate surface area is 154 Å². The molecule has 1 atom stereocenters. The van der Waals surface area contributed by atoms with Crippen molar-refractivity contribution in [3.05, 3.63) is 53.9 Å². The van der Waals surface area contributed by atoms with E-state index in [1.807, 2.05) is 0 Å². The summed E-state index contributed by atoms with van der Waals surface area (Å²) in [6.45, 7) is -2.49. The van der Waals surface area contributed by atoms with Gasteiger partial charge in [-0.1, -0.05) is 0 Å². The molecule has 1 aromatic carbocycles. The first-order chi connectivity index (χ1) is 12.9. The van der Waals surface area contributed by atoms with Gasteiger partial charge in [-0.2, -0.15) is 13.1 Å². The number of hydrogen-bond acceptors (Lipinski definition) is 5. The second-order valence-electron chi connectivity index (χ2n) is 6.16. The number of alkyl halides is 2. The predicted molar refractivity (Wildman–Crippen MR) is 89.8 cm³/mol. The van der Waals surface area contributed by atoms with Crippen LogP contribution < -0.4 is 4.74 Å². The molecular formula is C17H15F2N3O4S. The number of aromatic nitrogens is 1. The standard InChI is InChI=1S/C17H15F2N3O4S/c18-17(19)26-11-3-5-12(6-4-11)27(24,25)21-8-9-22-14(10-21)15-13(16(22)23)2-1-7-20-15/h1-7,14,17H,8-10H2. The number of nitrogens with zero attached hydrogens (tertiary/aromatic N) is 3. The van der Waals surface area contributed by atoms with Crippen LogP contribution in [0.25, 0.3) is 0 Å². The van der Waals surface area contributed by atoms with E-state index in [1.165, 1.54) is 28.6 Å². The van der Waals surface area contributed by atoms with Crippen LogP contribution in [-0.2, 0) is 10.0 Å². The van der Waals surface area contributed by atoms with Gasteiger partial charge >= 0.3 is 6.61 Å². The molecule has 4 rings (SSSR count). The molecular weight excluding hydrogens is 380 g/mol. The summed E-state index contributed by atoms with van der Waals surface area (Å²) in [7, 11) is -3.84. The molecule has 0 radical (unpaired) electrons. The quantitative estimate of drug-likeness (QED) is 0.790. The average molecular weight is 395 g/mol. The van der Waals surface area contributed by atoms with Crippen LogP contribution in [0, 0.1) is 0 Å². The molecule has 1 saturated heterocycles. The number of ether oxygens (including phenoxy) is 1. The lowest BCUT2D eigenvalue weighted by Crippen LogP contribution is -2.49. The lowest BCUT2D eigenvalue weighted by Gasteiger charge is -2.36. The maximum absolute atomic E-state index is 12.9. The zero-order valence-electron chi connectivity index (χ0n) is 14.0. The third kappa shape index (κ3) is 3.04. The number of sulfonamides is 1. The molecule has 0 bridgehead atoms. The van der Waals surface area contributed by atoms with Crippen molar-refractivity contribution in [3.63, 3.8) is 0 Å². The fourth-order valence-corrected chi connectivity index (χ4v) is 4.85. The van der Waals surface area contributed by atoms with Gasteiger partial charge in [0.15, 0.2) is 0 Å². The van der Waals surface area contributed by atoms with E-state index in [1.54, 1.807) is 23.2 Å². The second kappa shape index (κ2) is 6.54. The van der Waals surface area contributed by atoms with Crippen LogP contribution >= 0.6 is 0 Å². The minimum atomic E-state index is -3.84. The SMILES string of the molecule is O=C1c2cccnc2C2CN(S(=O)(=O)c3ccc(OC(F)F)cc3)CCN12. The van der Waals surface area contributed by atoms with Crippen LogP contribution in [0.3, 0.4) is 0 Å². The first-order valence-electron chi connectivity index (χ1n) is 8.19. The van der Waals surface area contributed by atoms with Crippen molar-refractivity contribution in [1.29, 1.82) is 0 Å². The first kappa shape index (κ1) is 17.8. The molecule has 1 fully saturated rings. The van der Waals surface area contributed by atoms with Crippen LogP contribution in [0.5, 0.6) is 5.75 Å². The summed E-state index contributed by atoms with van der Waals surface area (Å²) < 4.78 is 55.8. The van der Waals surface area contributed by atoms with Crippen molar-refractivity contribution in [2.24, 2.45) is 0 Å². The van der Waals surface area contributed by atoms with Gasteiger partial charge in [0.1, 0.15) is 5.75 Å². The summed E-state index contributed by atoms with van der Waals surface area (Å²) in [6.07, 6.45) is 1.57. The number of pyridine rings is 1. The predicted octanol–water partition coefficient (Wildman–Crippen LogP) is 1.88. The third-order valence-corrected chi connectivity index (χ3v) is 6.55. The number of benzene rings is 1. The highest BCUT2D eigenvalue weighted by atomic mass is 32.2. The van der Waals surface area contributed by atoms with Gasteiger partial charge in [0.2, 0.25) is 10.0 Å². The summed E-state index contributed by atoms with van der Waals surface area (Å²) in [6, 6.07) is 7.75. The molecule has 1 aromatic heterocycles. The Morgan fingerprint density at radius 1 is 1.15 bits per heavy atom. The number of fused-ring (bicyclic) bond motifs is 3. The van der Waals surface area contributed by atoms with Gasteiger partial charge in [-0.25, -0.2) is 8.42 Å². The molecule has 0 saturated carbocycles. The summed E-state index contributed by atoms with van der Waals surface area (Å²) in [4.78, 5) is 18.3. The lowest BCUT2D eigenvalue weighted by atomic mass is 10.1. The van der Waals surface area contributed by atoms with Gasteiger partial charge in [0.05, 0.1) is 22.2 Å². The van der Waals surface area contributed by atoms with E-state index in [0.717, 1.165) is 0 Å². The van der Waals surface area contributed by atoms with E-state index < -0.39 is 22.7 Å². The van der Waals surface area contributed by atoms with E-state index >= 15 is 0 Å². The molecule has 0 aliphatic carbocycles. The number of piperazine rings is 1. The Kier molecular flexibility index (Phi) is 4.31. The first-order valence-corrected chi connectivity index (χ1v) is 9.63. The van der Waals surface area contributed by atoms with E-state index in [4.69, 9.17) is 0 Å². The normalized spacial score (nSPS) is 19.9. The van der Waals surface area contributed by atoms with Crippen LogP contribution in [0.4, 0.5) is 8.78 Å². The molecule has 3 heterocycles. The van der Waals surface area contributed by atoms with Crippen molar-refractivity contribution in [3.8, 4) is 5.75 Å². The largest absolute Gasteiger partial charge is 0.435 e. The molecule has 0 spiro atoms. The van der Waals surface area contributed by atoms with Gasteiger partial charge in [-0.05, 0) is 36.4 Å². The number of carbonyl (C=O) groups excluding carboxylic acids is 1. The van der Waals surface area contributed by atoms with Gasteiger partial charge in [-0.15, -0.1) is 0 Å². The summed E-state index contributed by atoms with van der Waals surface area (Å²) in [5.74, 6) is -0.262. The number of hydrogen-bond donors (Lipinski definition) is 0. The minimum absolute atomic E-state index is 0.0249. The van der Waals surface area contributed by atoms with E-state index in [0.29, 0.717) is 11.3 Å². The number of carbonyl (C=O) groups is 1. The molecule has 0 N–H and O–H groups in total. The highest BCUT2D eigenvalue weighted by Gasteiger charge is 2.44. The Morgan fingerprint density at radius 2 is 1.89 bits per heavy atom. The average Bonchev–Trinajstić information content (AvgIpc) is 2.94. The zero-order chi connectivity index (χ0) is 19.2. The Balaban J connectivity index is 1.58. The van der Waals surface area contributed by atoms with Gasteiger partial charge in [0, 0.05) is 25.8 Å². The second-order valence-corrected chi connectivity index (χ2v) is 8.10. The lowest BCUT2D eigenvalue weighted by molar-refractivity contribution is -0.0498. The number of amides is 1. The van der Waals surface area contributed by atoms with Crippen LogP contribution in [0.2, 0.25) is 0 Å². The summed E-state index contributed by atoms with van der Waals surface area (Å²) >= 11 is 0. The van der Waals surface area contributed by atoms with E-state index in [-0.39, 0.29) is 36.2 Å². The molecule has 10 heteroatoms. The van der Waals surface area contributed by atoms with Crippen LogP contribution in [-0.4, -0.2) is 54.8 Å². The molecule has 1 unspecified atom stereocenters. The molecule has 2 aliphatic heterocycles. The Hall–Kier alpha value is -2.59. The fourth-order valence-electron chi connectivity index (χ4n) is 3.41. The van der Waals surface area contributed by atoms with Crippen molar-refractivity contribution in [2.45, 2.75) is 17.5 Å². The molecule has 27 heavy (non-hydrogen) atoms. The van der Waals surface area contributed by atoms with Crippen molar-refractivity contribution >= 4 is 15.9 Å². The highest BCUT2D eigenvalue weighted by Crippen LogP contribution is 2.36. The van der Waals surface area contributed by atoms with Crippen molar-refractivity contribution < 1.29 is 26.7 Å². The highest BCUT2D eigenvalue weighted by molar-refractivity contribution is 7.89. The molecule has 142 valence electrons. The van der Waals surface area contributed by atoms with Crippen molar-refractivity contribution in [1.82, 2.24) is 14.2 Å². The summed E-state index contributed by atoms with van der Waals surface area (Å²) in [5, 5.41) is 0. The van der Waals surface area contributed by atoms with E-state index in [2.05, 4.69) is 9.72 Å². The number of rotatable bonds is 4. The molecule has 2 aliphatic rings. The number of halogens is 2. The third-order valence-electron chi connectivity index (χ3n) is 4.68. The smallest absolute Gasteiger partial charge is 0.387 e.